The van der Waals surface area contributed by atoms with E-state index in [0.29, 0.717) is 24.4 Å². The quantitative estimate of drug-likeness (QED) is 0.749. The van der Waals surface area contributed by atoms with Gasteiger partial charge in [0.1, 0.15) is 0 Å². The molecule has 0 saturated heterocycles. The van der Waals surface area contributed by atoms with Crippen LogP contribution in [0.5, 0.6) is 0 Å². The Hall–Kier alpha value is -0.420. The number of rotatable bonds is 5. The molecule has 0 aromatic carbocycles. The largest absolute Gasteiger partial charge is 0.383 e. The number of urea groups is 1. The van der Waals surface area contributed by atoms with E-state index in [2.05, 4.69) is 11.6 Å². The van der Waals surface area contributed by atoms with Crippen LogP contribution in [0.25, 0.3) is 0 Å². The zero-order valence-corrected chi connectivity index (χ0v) is 11.2. The lowest BCUT2D eigenvalue weighted by Gasteiger charge is -2.29. The lowest BCUT2D eigenvalue weighted by atomic mass is 10.2. The van der Waals surface area contributed by atoms with E-state index in [0.717, 1.165) is 6.42 Å². The van der Waals surface area contributed by atoms with E-state index in [1.54, 1.807) is 7.11 Å². The molecule has 1 aliphatic rings. The van der Waals surface area contributed by atoms with Gasteiger partial charge in [-0.3, -0.25) is 0 Å². The Morgan fingerprint density at radius 1 is 1.56 bits per heavy atom. The summed E-state index contributed by atoms with van der Waals surface area (Å²) in [5.41, 5.74) is 0. The summed E-state index contributed by atoms with van der Waals surface area (Å²) in [6.45, 7) is 1.15. The number of thioether (sulfide) groups is 1. The number of ether oxygens (including phenoxy) is 1. The molecule has 2 atom stereocenters. The molecule has 5 heteroatoms. The maximum absolute atomic E-state index is 11.8. The third-order valence-corrected chi connectivity index (χ3v) is 4.28. The zero-order chi connectivity index (χ0) is 12.0. The summed E-state index contributed by atoms with van der Waals surface area (Å²) in [5.74, 6) is 0. The van der Waals surface area contributed by atoms with Crippen molar-refractivity contribution in [1.82, 2.24) is 10.2 Å². The highest BCUT2D eigenvalue weighted by molar-refractivity contribution is 7.99. The van der Waals surface area contributed by atoms with Crippen LogP contribution in [-0.2, 0) is 4.74 Å². The molecule has 1 rings (SSSR count). The van der Waals surface area contributed by atoms with E-state index in [4.69, 9.17) is 4.74 Å². The minimum absolute atomic E-state index is 0.0167. The summed E-state index contributed by atoms with van der Waals surface area (Å²) in [4.78, 5) is 13.7. The Morgan fingerprint density at radius 3 is 2.94 bits per heavy atom. The van der Waals surface area contributed by atoms with Gasteiger partial charge in [-0.05, 0) is 19.1 Å². The van der Waals surface area contributed by atoms with Gasteiger partial charge in [0.2, 0.25) is 0 Å². The van der Waals surface area contributed by atoms with Crippen LogP contribution in [0, 0.1) is 0 Å². The van der Waals surface area contributed by atoms with E-state index in [-0.39, 0.29) is 6.03 Å². The fraction of sp³-hybridized carbons (Fsp3) is 0.909. The molecular weight excluding hydrogens is 224 g/mol. The second-order valence-electron chi connectivity index (χ2n) is 4.11. The molecule has 0 aromatic heterocycles. The Kier molecular flexibility index (Phi) is 5.98. The molecule has 2 amide bonds. The van der Waals surface area contributed by atoms with E-state index < -0.39 is 0 Å². The monoisotopic (exact) mass is 246 g/mol. The highest BCUT2D eigenvalue weighted by Gasteiger charge is 2.31. The van der Waals surface area contributed by atoms with Gasteiger partial charge < -0.3 is 15.0 Å². The molecule has 0 aromatic rings. The van der Waals surface area contributed by atoms with Crippen molar-refractivity contribution in [2.24, 2.45) is 0 Å². The van der Waals surface area contributed by atoms with Crippen molar-refractivity contribution in [1.29, 1.82) is 0 Å². The highest BCUT2D eigenvalue weighted by Crippen LogP contribution is 2.31. The first-order chi connectivity index (χ1) is 7.70. The van der Waals surface area contributed by atoms with Crippen LogP contribution in [0.3, 0.4) is 0 Å². The smallest absolute Gasteiger partial charge is 0.317 e. The number of methoxy groups -OCH3 is 1. The van der Waals surface area contributed by atoms with Crippen LogP contribution in [0.2, 0.25) is 0 Å². The van der Waals surface area contributed by atoms with Crippen molar-refractivity contribution < 1.29 is 9.53 Å². The average molecular weight is 246 g/mol. The summed E-state index contributed by atoms with van der Waals surface area (Å²) in [5, 5.41) is 3.45. The summed E-state index contributed by atoms with van der Waals surface area (Å²) in [6.07, 6.45) is 5.70. The molecule has 1 fully saturated rings. The van der Waals surface area contributed by atoms with Gasteiger partial charge in [0.05, 0.1) is 6.61 Å². The Labute approximate surface area is 102 Å². The van der Waals surface area contributed by atoms with Crippen molar-refractivity contribution in [3.8, 4) is 0 Å². The van der Waals surface area contributed by atoms with Crippen molar-refractivity contribution in [3.63, 3.8) is 0 Å². The number of carbonyl (C=O) groups is 1. The first-order valence-corrected chi connectivity index (χ1v) is 7.02. The van der Waals surface area contributed by atoms with Gasteiger partial charge in [-0.15, -0.1) is 0 Å². The van der Waals surface area contributed by atoms with E-state index in [1.807, 2.05) is 23.7 Å². The van der Waals surface area contributed by atoms with Gasteiger partial charge in [0, 0.05) is 32.0 Å². The highest BCUT2D eigenvalue weighted by atomic mass is 32.2. The van der Waals surface area contributed by atoms with Gasteiger partial charge in [-0.1, -0.05) is 6.42 Å². The number of nitrogens with zero attached hydrogens (tertiary/aromatic N) is 1. The third-order valence-electron chi connectivity index (χ3n) is 3.12. The summed E-state index contributed by atoms with van der Waals surface area (Å²) in [7, 11) is 3.53. The Balaban J connectivity index is 2.37. The van der Waals surface area contributed by atoms with Gasteiger partial charge in [-0.25, -0.2) is 4.79 Å². The third kappa shape index (κ3) is 3.56. The molecule has 0 bridgehead atoms. The molecule has 0 aliphatic heterocycles. The fourth-order valence-electron chi connectivity index (χ4n) is 2.16. The molecule has 1 saturated carbocycles. The maximum atomic E-state index is 11.8. The number of nitrogens with one attached hydrogen (secondary N) is 1. The topological polar surface area (TPSA) is 41.6 Å². The number of amides is 2. The molecule has 16 heavy (non-hydrogen) atoms. The summed E-state index contributed by atoms with van der Waals surface area (Å²) >= 11 is 1.87. The number of hydrogen-bond acceptors (Lipinski definition) is 3. The first kappa shape index (κ1) is 13.6. The zero-order valence-electron chi connectivity index (χ0n) is 10.4. The molecule has 0 spiro atoms. The normalized spacial score (nSPS) is 24.4. The molecule has 0 heterocycles. The van der Waals surface area contributed by atoms with E-state index >= 15 is 0 Å². The Bertz CT molecular complexity index is 226. The van der Waals surface area contributed by atoms with Crippen LogP contribution < -0.4 is 5.32 Å². The maximum Gasteiger partial charge on any atom is 0.317 e. The minimum atomic E-state index is 0.0167. The van der Waals surface area contributed by atoms with Gasteiger partial charge in [0.25, 0.3) is 0 Å². The second-order valence-corrected chi connectivity index (χ2v) is 5.18. The molecule has 1 N–H and O–H groups in total. The summed E-state index contributed by atoms with van der Waals surface area (Å²) in [6, 6.07) is 0.403. The molecule has 1 aliphatic carbocycles. The average Bonchev–Trinajstić information content (AvgIpc) is 2.76. The number of hydrogen-bond donors (Lipinski definition) is 1. The van der Waals surface area contributed by atoms with Crippen LogP contribution in [0.15, 0.2) is 0 Å². The lowest BCUT2D eigenvalue weighted by Crippen LogP contribution is -2.46. The molecule has 0 unspecified atom stereocenters. The minimum Gasteiger partial charge on any atom is -0.383 e. The summed E-state index contributed by atoms with van der Waals surface area (Å²) < 4.78 is 4.90. The second kappa shape index (κ2) is 7.01. The standard InChI is InChI=1S/C11H22N2O2S/c1-13(11(14)12-7-8-15-2)9-5-4-6-10(9)16-3/h9-10H,4-8H2,1-3H3,(H,12,14)/t9-,10-/m0/s1. The van der Waals surface area contributed by atoms with Gasteiger partial charge in [0.15, 0.2) is 0 Å². The number of carbonyl (C=O) groups excluding carboxylic acids is 1. The molecule has 4 nitrogen and oxygen atoms in total. The first-order valence-electron chi connectivity index (χ1n) is 5.73. The van der Waals surface area contributed by atoms with Crippen LogP contribution in [-0.4, -0.2) is 55.8 Å². The SMILES string of the molecule is COCCNC(=O)N(C)[C@H]1CCC[C@@H]1SC. The predicted molar refractivity (Wildman–Crippen MR) is 68.0 cm³/mol. The predicted octanol–water partition coefficient (Wildman–Crippen LogP) is 1.56. The molecule has 94 valence electrons. The van der Waals surface area contributed by atoms with Crippen LogP contribution in [0.4, 0.5) is 4.79 Å². The lowest BCUT2D eigenvalue weighted by molar-refractivity contribution is 0.176. The molecule has 0 radical (unpaired) electrons. The van der Waals surface area contributed by atoms with E-state index in [1.165, 1.54) is 12.8 Å². The van der Waals surface area contributed by atoms with Crippen LogP contribution in [0.1, 0.15) is 19.3 Å². The fourth-order valence-corrected chi connectivity index (χ4v) is 3.19. The van der Waals surface area contributed by atoms with Crippen molar-refractivity contribution in [2.75, 3.05) is 33.6 Å². The van der Waals surface area contributed by atoms with Gasteiger partial charge >= 0.3 is 6.03 Å². The molecular formula is C11H22N2O2S. The van der Waals surface area contributed by atoms with Crippen LogP contribution >= 0.6 is 11.8 Å². The Morgan fingerprint density at radius 2 is 2.31 bits per heavy atom. The van der Waals surface area contributed by atoms with E-state index in [9.17, 15) is 4.79 Å². The van der Waals surface area contributed by atoms with Crippen molar-refractivity contribution >= 4 is 17.8 Å². The van der Waals surface area contributed by atoms with Crippen molar-refractivity contribution in [2.45, 2.75) is 30.6 Å². The van der Waals surface area contributed by atoms with Crippen molar-refractivity contribution in [3.05, 3.63) is 0 Å². The van der Waals surface area contributed by atoms with Gasteiger partial charge in [-0.2, -0.15) is 11.8 Å².